The van der Waals surface area contributed by atoms with E-state index in [1.165, 1.54) is 56.0 Å². The number of benzene rings is 3. The van der Waals surface area contributed by atoms with Gasteiger partial charge in [0.05, 0.1) is 0 Å². The molecule has 30 heavy (non-hydrogen) atoms. The van der Waals surface area contributed by atoms with Gasteiger partial charge >= 0.3 is 0 Å². The molecule has 0 fully saturated rings. The Labute approximate surface area is 182 Å². The molecule has 3 rings (SSSR count). The molecule has 0 radical (unpaired) electrons. The second-order valence-corrected chi connectivity index (χ2v) is 8.83. The highest BCUT2D eigenvalue weighted by Gasteiger charge is 2.19. The van der Waals surface area contributed by atoms with Gasteiger partial charge in [0.15, 0.2) is 0 Å². The summed E-state index contributed by atoms with van der Waals surface area (Å²) in [4.78, 5) is 6.54. The fourth-order valence-electron chi connectivity index (χ4n) is 4.10. The van der Waals surface area contributed by atoms with Gasteiger partial charge in [0.1, 0.15) is 0 Å². The first-order valence-electron chi connectivity index (χ1n) is 10.5. The lowest BCUT2D eigenvalue weighted by Crippen LogP contribution is -2.12. The van der Waals surface area contributed by atoms with Crippen LogP contribution in [0.1, 0.15) is 16.7 Å². The van der Waals surface area contributed by atoms with Gasteiger partial charge in [-0.2, -0.15) is 0 Å². The van der Waals surface area contributed by atoms with Crippen molar-refractivity contribution >= 4 is 17.1 Å². The third kappa shape index (κ3) is 4.02. The maximum atomic E-state index is 2.28. The third-order valence-corrected chi connectivity index (χ3v) is 5.86. The molecule has 0 saturated carbocycles. The van der Waals surface area contributed by atoms with Gasteiger partial charge in [-0.3, -0.25) is 0 Å². The normalized spacial score (nSPS) is 10.8. The van der Waals surface area contributed by atoms with Gasteiger partial charge in [0.2, 0.25) is 0 Å². The molecule has 0 aliphatic carbocycles. The lowest BCUT2D eigenvalue weighted by Gasteiger charge is -2.26. The SMILES string of the molecule is Cc1cc(N(C)C)ccc1-c1c(C)ccc(N(C)C)c1-c1ccc(N(C)C)cc1C. The molecule has 0 bridgehead atoms. The zero-order chi connectivity index (χ0) is 22.2. The van der Waals surface area contributed by atoms with Crippen LogP contribution in [0.15, 0.2) is 48.5 Å². The molecule has 3 aromatic rings. The van der Waals surface area contributed by atoms with Crippen molar-refractivity contribution in [1.29, 1.82) is 0 Å². The molecule has 3 nitrogen and oxygen atoms in total. The molecule has 0 aliphatic heterocycles. The van der Waals surface area contributed by atoms with Crippen LogP contribution in [0.25, 0.3) is 22.3 Å². The lowest BCUT2D eigenvalue weighted by atomic mass is 9.85. The molecule has 0 amide bonds. The second kappa shape index (κ2) is 8.43. The van der Waals surface area contributed by atoms with Crippen molar-refractivity contribution < 1.29 is 0 Å². The molecule has 158 valence electrons. The van der Waals surface area contributed by atoms with E-state index in [1.54, 1.807) is 0 Å². The van der Waals surface area contributed by atoms with E-state index in [4.69, 9.17) is 0 Å². The number of nitrogens with zero attached hydrogens (tertiary/aromatic N) is 3. The summed E-state index contributed by atoms with van der Waals surface area (Å²) in [6.07, 6.45) is 0. The van der Waals surface area contributed by atoms with Crippen molar-refractivity contribution in [2.24, 2.45) is 0 Å². The monoisotopic (exact) mass is 401 g/mol. The lowest BCUT2D eigenvalue weighted by molar-refractivity contribution is 1.12. The third-order valence-electron chi connectivity index (χ3n) is 5.86. The Balaban J connectivity index is 2.34. The van der Waals surface area contributed by atoms with Crippen LogP contribution >= 0.6 is 0 Å². The van der Waals surface area contributed by atoms with Crippen LogP contribution in [0, 0.1) is 20.8 Å². The molecule has 0 heterocycles. The first kappa shape index (κ1) is 21.8. The minimum Gasteiger partial charge on any atom is -0.378 e. The first-order valence-corrected chi connectivity index (χ1v) is 10.5. The van der Waals surface area contributed by atoms with Gasteiger partial charge in [-0.05, 0) is 84.5 Å². The second-order valence-electron chi connectivity index (χ2n) is 8.83. The largest absolute Gasteiger partial charge is 0.378 e. The van der Waals surface area contributed by atoms with Gasteiger partial charge < -0.3 is 14.7 Å². The maximum absolute atomic E-state index is 2.28. The smallest absolute Gasteiger partial charge is 0.0447 e. The zero-order valence-electron chi connectivity index (χ0n) is 20.0. The zero-order valence-corrected chi connectivity index (χ0v) is 20.0. The number of hydrogen-bond donors (Lipinski definition) is 0. The number of anilines is 3. The maximum Gasteiger partial charge on any atom is 0.0447 e. The fourth-order valence-corrected chi connectivity index (χ4v) is 4.10. The summed E-state index contributed by atoms with van der Waals surface area (Å²) in [6, 6.07) is 18.0. The molecular formula is C27H35N3. The van der Waals surface area contributed by atoms with Gasteiger partial charge in [0.25, 0.3) is 0 Å². The molecule has 0 atom stereocenters. The summed E-state index contributed by atoms with van der Waals surface area (Å²) in [5.41, 5.74) is 12.8. The van der Waals surface area contributed by atoms with E-state index in [1.807, 2.05) is 0 Å². The van der Waals surface area contributed by atoms with Crippen LogP contribution in [-0.2, 0) is 0 Å². The topological polar surface area (TPSA) is 9.72 Å². The number of hydrogen-bond acceptors (Lipinski definition) is 3. The summed E-state index contributed by atoms with van der Waals surface area (Å²) in [7, 11) is 12.6. The van der Waals surface area contributed by atoms with E-state index in [-0.39, 0.29) is 0 Å². The molecule has 3 heteroatoms. The molecule has 3 aromatic carbocycles. The number of rotatable bonds is 5. The van der Waals surface area contributed by atoms with Crippen molar-refractivity contribution in [3.05, 3.63) is 65.2 Å². The Morgan fingerprint density at radius 2 is 0.933 bits per heavy atom. The van der Waals surface area contributed by atoms with Crippen LogP contribution in [0.5, 0.6) is 0 Å². The van der Waals surface area contributed by atoms with Crippen LogP contribution in [-0.4, -0.2) is 42.3 Å². The minimum atomic E-state index is 1.23. The van der Waals surface area contributed by atoms with Gasteiger partial charge in [-0.25, -0.2) is 0 Å². The van der Waals surface area contributed by atoms with Crippen molar-refractivity contribution in [2.75, 3.05) is 57.0 Å². The van der Waals surface area contributed by atoms with E-state index in [2.05, 4.69) is 126 Å². The molecule has 0 aliphatic rings. The Morgan fingerprint density at radius 1 is 0.467 bits per heavy atom. The minimum absolute atomic E-state index is 1.23. The Morgan fingerprint density at radius 3 is 1.33 bits per heavy atom. The molecule has 0 N–H and O–H groups in total. The van der Waals surface area contributed by atoms with Crippen molar-refractivity contribution in [3.8, 4) is 22.3 Å². The number of aryl methyl sites for hydroxylation is 3. The van der Waals surface area contributed by atoms with E-state index in [9.17, 15) is 0 Å². The van der Waals surface area contributed by atoms with E-state index in [0.717, 1.165) is 0 Å². The average molecular weight is 402 g/mol. The first-order chi connectivity index (χ1) is 14.1. The molecule has 0 spiro atoms. The van der Waals surface area contributed by atoms with Crippen molar-refractivity contribution in [1.82, 2.24) is 0 Å². The van der Waals surface area contributed by atoms with E-state index < -0.39 is 0 Å². The van der Waals surface area contributed by atoms with E-state index in [0.29, 0.717) is 0 Å². The Kier molecular flexibility index (Phi) is 6.12. The predicted molar refractivity (Wildman–Crippen MR) is 135 cm³/mol. The standard InChI is InChI=1S/C27H35N3/c1-18-10-15-25(30(8)9)27(24-14-12-22(29(6)7)17-20(24)3)26(18)23-13-11-21(28(4)5)16-19(23)2/h10-17H,1-9H3. The quantitative estimate of drug-likeness (QED) is 0.508. The van der Waals surface area contributed by atoms with Crippen LogP contribution in [0.3, 0.4) is 0 Å². The Hall–Kier alpha value is -2.94. The van der Waals surface area contributed by atoms with Gasteiger partial charge in [0, 0.05) is 64.9 Å². The molecule has 0 unspecified atom stereocenters. The highest BCUT2D eigenvalue weighted by Crippen LogP contribution is 2.44. The molecule has 0 saturated heterocycles. The summed E-state index contributed by atoms with van der Waals surface area (Å²) < 4.78 is 0. The summed E-state index contributed by atoms with van der Waals surface area (Å²) in [5.74, 6) is 0. The summed E-state index contributed by atoms with van der Waals surface area (Å²) >= 11 is 0. The van der Waals surface area contributed by atoms with Crippen LogP contribution in [0.2, 0.25) is 0 Å². The van der Waals surface area contributed by atoms with Crippen molar-refractivity contribution in [3.63, 3.8) is 0 Å². The molecular weight excluding hydrogens is 366 g/mol. The van der Waals surface area contributed by atoms with Crippen LogP contribution < -0.4 is 14.7 Å². The molecule has 0 aromatic heterocycles. The summed E-state index contributed by atoms with van der Waals surface area (Å²) in [5, 5.41) is 0. The summed E-state index contributed by atoms with van der Waals surface area (Å²) in [6.45, 7) is 6.66. The fraction of sp³-hybridized carbons (Fsp3) is 0.333. The highest BCUT2D eigenvalue weighted by molar-refractivity contribution is 5.96. The van der Waals surface area contributed by atoms with Crippen molar-refractivity contribution in [2.45, 2.75) is 20.8 Å². The predicted octanol–water partition coefficient (Wildman–Crippen LogP) is 6.14. The van der Waals surface area contributed by atoms with Gasteiger partial charge in [-0.1, -0.05) is 18.2 Å². The Bertz CT molecular complexity index is 1060. The van der Waals surface area contributed by atoms with Crippen LogP contribution in [0.4, 0.5) is 17.1 Å². The highest BCUT2D eigenvalue weighted by atomic mass is 15.1. The average Bonchev–Trinajstić information content (AvgIpc) is 2.67. The van der Waals surface area contributed by atoms with E-state index >= 15 is 0 Å². The van der Waals surface area contributed by atoms with Gasteiger partial charge in [-0.15, -0.1) is 0 Å².